The van der Waals surface area contributed by atoms with Gasteiger partial charge in [0.1, 0.15) is 0 Å². The minimum absolute atomic E-state index is 0.111. The molecule has 2 N–H and O–H groups in total. The smallest absolute Gasteiger partial charge is 0.416 e. The second-order valence-corrected chi connectivity index (χ2v) is 11.3. The number of alkyl halides is 3. The largest absolute Gasteiger partial charge is 0.449 e. The van der Waals surface area contributed by atoms with Crippen molar-refractivity contribution in [2.45, 2.75) is 41.9 Å². The molecule has 2 spiro atoms. The molecule has 4 fully saturated rings. The molecule has 3 heterocycles. The molecule has 0 aromatic heterocycles. The molecular weight excluding hydrogens is 465 g/mol. The van der Waals surface area contributed by atoms with Crippen LogP contribution in [-0.4, -0.2) is 74.7 Å². The Labute approximate surface area is 188 Å². The molecule has 0 radical (unpaired) electrons. The second-order valence-electron chi connectivity index (χ2n) is 9.54. The van der Waals surface area contributed by atoms with Crippen molar-refractivity contribution in [2.24, 2.45) is 5.41 Å². The molecule has 9 nitrogen and oxygen atoms in total. The lowest BCUT2D eigenvalue weighted by molar-refractivity contribution is -0.137. The Morgan fingerprint density at radius 2 is 1.82 bits per heavy atom. The van der Waals surface area contributed by atoms with E-state index in [1.165, 1.54) is 0 Å². The topological polar surface area (TPSA) is 108 Å². The van der Waals surface area contributed by atoms with E-state index in [0.29, 0.717) is 58.1 Å². The van der Waals surface area contributed by atoms with E-state index in [4.69, 9.17) is 4.74 Å². The van der Waals surface area contributed by atoms with Crippen molar-refractivity contribution in [3.05, 3.63) is 29.8 Å². The molecule has 33 heavy (non-hydrogen) atoms. The van der Waals surface area contributed by atoms with E-state index in [-0.39, 0.29) is 17.5 Å². The van der Waals surface area contributed by atoms with Gasteiger partial charge in [-0.1, -0.05) is 6.07 Å². The summed E-state index contributed by atoms with van der Waals surface area (Å²) in [4.78, 5) is 27.0. The standard InChI is InChI=1S/C20H23F3N4O5S/c21-20(22,23)13-2-1-3-15(6-13)33(30,31)25-14-7-18(8-14)9-26(10-18)17(29)27-11-19(12-27)4-5-32-16(28)24-19/h1-3,6,14,25H,4-5,7-12H2,(H,24,28). The number of nitrogens with zero attached hydrogens (tertiary/aromatic N) is 2. The number of carbonyl (C=O) groups excluding carboxylic acids is 2. The molecule has 4 aliphatic rings. The Bertz CT molecular complexity index is 1090. The lowest BCUT2D eigenvalue weighted by atomic mass is 9.61. The summed E-state index contributed by atoms with van der Waals surface area (Å²) in [6, 6.07) is 3.16. The summed E-state index contributed by atoms with van der Waals surface area (Å²) in [5.74, 6) is 0. The van der Waals surface area contributed by atoms with Crippen LogP contribution >= 0.6 is 0 Å². The number of amides is 3. The molecule has 0 bridgehead atoms. The number of ether oxygens (including phenoxy) is 1. The number of likely N-dealkylation sites (tertiary alicyclic amines) is 2. The summed E-state index contributed by atoms with van der Waals surface area (Å²) in [6.45, 7) is 2.21. The Morgan fingerprint density at radius 1 is 1.15 bits per heavy atom. The molecule has 13 heteroatoms. The van der Waals surface area contributed by atoms with Gasteiger partial charge in [0.25, 0.3) is 0 Å². The van der Waals surface area contributed by atoms with Crippen molar-refractivity contribution in [1.82, 2.24) is 19.8 Å². The normalized spacial score (nSPS) is 23.9. The maximum absolute atomic E-state index is 12.9. The van der Waals surface area contributed by atoms with Crippen LogP contribution in [0.25, 0.3) is 0 Å². The number of cyclic esters (lactones) is 1. The van der Waals surface area contributed by atoms with Crippen LogP contribution in [0.3, 0.4) is 0 Å². The van der Waals surface area contributed by atoms with Crippen LogP contribution in [0.5, 0.6) is 0 Å². The number of hydrogen-bond donors (Lipinski definition) is 2. The summed E-state index contributed by atoms with van der Waals surface area (Å²) in [5.41, 5.74) is -1.58. The fraction of sp³-hybridized carbons (Fsp3) is 0.600. The van der Waals surface area contributed by atoms with Crippen molar-refractivity contribution in [3.8, 4) is 0 Å². The SMILES string of the molecule is O=C1NC2(CCO1)CN(C(=O)N1CC3(CC(NS(=O)(=O)c4cccc(C(F)(F)F)c4)C3)C1)C2. The third kappa shape index (κ3) is 4.01. The summed E-state index contributed by atoms with van der Waals surface area (Å²) in [5, 5.41) is 2.78. The van der Waals surface area contributed by atoms with E-state index < -0.39 is 38.3 Å². The highest BCUT2D eigenvalue weighted by Crippen LogP contribution is 2.49. The average Bonchev–Trinajstić information content (AvgIpc) is 2.65. The van der Waals surface area contributed by atoms with Crippen LogP contribution in [0, 0.1) is 5.41 Å². The van der Waals surface area contributed by atoms with E-state index >= 15 is 0 Å². The van der Waals surface area contributed by atoms with Gasteiger partial charge in [-0.25, -0.2) is 22.7 Å². The van der Waals surface area contributed by atoms with Crippen LogP contribution in [0.15, 0.2) is 29.2 Å². The quantitative estimate of drug-likeness (QED) is 0.674. The maximum atomic E-state index is 12.9. The molecule has 5 rings (SSSR count). The van der Waals surface area contributed by atoms with Gasteiger partial charge in [0, 0.05) is 44.1 Å². The highest BCUT2D eigenvalue weighted by atomic mass is 32.2. The van der Waals surface area contributed by atoms with Gasteiger partial charge in [0.15, 0.2) is 0 Å². The van der Waals surface area contributed by atoms with Gasteiger partial charge in [-0.15, -0.1) is 0 Å². The van der Waals surface area contributed by atoms with Crippen LogP contribution in [0.2, 0.25) is 0 Å². The Balaban J connectivity index is 1.10. The van der Waals surface area contributed by atoms with Gasteiger partial charge in [-0.3, -0.25) is 0 Å². The predicted octanol–water partition coefficient (Wildman–Crippen LogP) is 1.75. The van der Waals surface area contributed by atoms with E-state index in [1.807, 2.05) is 0 Å². The molecule has 180 valence electrons. The van der Waals surface area contributed by atoms with Crippen molar-refractivity contribution < 1.29 is 35.9 Å². The van der Waals surface area contributed by atoms with Crippen LogP contribution in [-0.2, 0) is 20.9 Å². The number of sulfonamides is 1. The van der Waals surface area contributed by atoms with Gasteiger partial charge in [0.05, 0.1) is 22.6 Å². The zero-order chi connectivity index (χ0) is 23.6. The number of alkyl carbamates (subject to hydrolysis) is 1. The average molecular weight is 488 g/mol. The first-order chi connectivity index (χ1) is 15.4. The lowest BCUT2D eigenvalue weighted by Crippen LogP contribution is -2.76. The van der Waals surface area contributed by atoms with Gasteiger partial charge in [0.2, 0.25) is 10.0 Å². The van der Waals surface area contributed by atoms with Crippen molar-refractivity contribution in [1.29, 1.82) is 0 Å². The Hall–Kier alpha value is -2.54. The predicted molar refractivity (Wildman–Crippen MR) is 108 cm³/mol. The molecular formula is C20H23F3N4O5S. The van der Waals surface area contributed by atoms with Gasteiger partial charge >= 0.3 is 18.3 Å². The van der Waals surface area contributed by atoms with Crippen molar-refractivity contribution in [2.75, 3.05) is 32.8 Å². The first kappa shape index (κ1) is 22.3. The number of carbonyl (C=O) groups is 2. The summed E-state index contributed by atoms with van der Waals surface area (Å²) < 4.78 is 71.0. The Morgan fingerprint density at radius 3 is 2.45 bits per heavy atom. The number of nitrogens with one attached hydrogen (secondary N) is 2. The monoisotopic (exact) mass is 488 g/mol. The fourth-order valence-corrected chi connectivity index (χ4v) is 6.55. The molecule has 3 saturated heterocycles. The van der Waals surface area contributed by atoms with E-state index in [0.717, 1.165) is 18.2 Å². The number of benzene rings is 1. The van der Waals surface area contributed by atoms with Crippen LogP contribution in [0.4, 0.5) is 22.8 Å². The van der Waals surface area contributed by atoms with Crippen molar-refractivity contribution >= 4 is 22.1 Å². The molecule has 1 aromatic carbocycles. The molecule has 0 atom stereocenters. The zero-order valence-electron chi connectivity index (χ0n) is 17.5. The zero-order valence-corrected chi connectivity index (χ0v) is 18.3. The lowest BCUT2D eigenvalue weighted by Gasteiger charge is -2.61. The molecule has 3 amide bonds. The molecule has 1 aromatic rings. The molecule has 0 unspecified atom stereocenters. The fourth-order valence-electron chi connectivity index (χ4n) is 5.26. The summed E-state index contributed by atoms with van der Waals surface area (Å²) >= 11 is 0. The molecule has 1 aliphatic carbocycles. The highest BCUT2D eigenvalue weighted by Gasteiger charge is 2.57. The molecule has 3 aliphatic heterocycles. The first-order valence-electron chi connectivity index (χ1n) is 10.6. The van der Waals surface area contributed by atoms with Gasteiger partial charge < -0.3 is 19.9 Å². The van der Waals surface area contributed by atoms with Crippen LogP contribution in [0.1, 0.15) is 24.8 Å². The number of halogens is 3. The second kappa shape index (κ2) is 7.23. The Kier molecular flexibility index (Phi) is 4.88. The first-order valence-corrected chi connectivity index (χ1v) is 12.1. The third-order valence-corrected chi connectivity index (χ3v) is 8.43. The number of hydrogen-bond acceptors (Lipinski definition) is 5. The number of rotatable bonds is 3. The van der Waals surface area contributed by atoms with E-state index in [9.17, 15) is 31.2 Å². The minimum atomic E-state index is -4.62. The minimum Gasteiger partial charge on any atom is -0.449 e. The molecule has 1 saturated carbocycles. The van der Waals surface area contributed by atoms with E-state index in [2.05, 4.69) is 10.0 Å². The van der Waals surface area contributed by atoms with Crippen molar-refractivity contribution in [3.63, 3.8) is 0 Å². The van der Waals surface area contributed by atoms with Gasteiger partial charge in [-0.05, 0) is 31.0 Å². The third-order valence-electron chi connectivity index (χ3n) is 6.91. The van der Waals surface area contributed by atoms with Gasteiger partial charge in [-0.2, -0.15) is 13.2 Å². The van der Waals surface area contributed by atoms with E-state index in [1.54, 1.807) is 9.80 Å². The van der Waals surface area contributed by atoms with Crippen LogP contribution < -0.4 is 10.0 Å². The summed E-state index contributed by atoms with van der Waals surface area (Å²) in [7, 11) is -4.08. The number of urea groups is 1. The highest BCUT2D eigenvalue weighted by molar-refractivity contribution is 7.89. The summed E-state index contributed by atoms with van der Waals surface area (Å²) in [6.07, 6.45) is -3.40. The maximum Gasteiger partial charge on any atom is 0.416 e.